The van der Waals surface area contributed by atoms with E-state index in [0.29, 0.717) is 18.3 Å². The van der Waals surface area contributed by atoms with E-state index in [1.807, 2.05) is 7.05 Å². The first-order chi connectivity index (χ1) is 8.50. The predicted molar refractivity (Wildman–Crippen MR) is 63.9 cm³/mol. The first-order valence-corrected chi connectivity index (χ1v) is 6.05. The average Bonchev–Trinajstić information content (AvgIpc) is 2.77. The maximum atomic E-state index is 9.85. The summed E-state index contributed by atoms with van der Waals surface area (Å²) in [6.45, 7) is 4.09. The summed E-state index contributed by atoms with van der Waals surface area (Å²) < 4.78 is 10.7. The molecule has 0 radical (unpaired) electrons. The van der Waals surface area contributed by atoms with Crippen LogP contribution in [0.4, 0.5) is 0 Å². The Morgan fingerprint density at radius 3 is 3.06 bits per heavy atom. The van der Waals surface area contributed by atoms with Gasteiger partial charge in [-0.05, 0) is 14.0 Å². The highest BCUT2D eigenvalue weighted by Crippen LogP contribution is 2.20. The summed E-state index contributed by atoms with van der Waals surface area (Å²) in [5.74, 6) is 0.918. The Bertz CT molecular complexity index is 393. The molecule has 0 saturated carbocycles. The van der Waals surface area contributed by atoms with Gasteiger partial charge in [-0.25, -0.2) is 0 Å². The molecule has 1 fully saturated rings. The van der Waals surface area contributed by atoms with Crippen LogP contribution in [0.15, 0.2) is 4.52 Å². The van der Waals surface area contributed by atoms with Crippen molar-refractivity contribution in [3.8, 4) is 0 Å². The molecule has 1 saturated heterocycles. The zero-order chi connectivity index (χ0) is 13.2. The Morgan fingerprint density at radius 1 is 1.61 bits per heavy atom. The SMILES string of the molecule is CN1CCOC(c2noc(CC(C)(O)CN)n2)C1. The number of hydrogen-bond donors (Lipinski definition) is 2. The summed E-state index contributed by atoms with van der Waals surface area (Å²) in [4.78, 5) is 6.41. The van der Waals surface area contributed by atoms with Crippen LogP contribution in [0.1, 0.15) is 24.7 Å². The summed E-state index contributed by atoms with van der Waals surface area (Å²) >= 11 is 0. The molecular weight excluding hydrogens is 236 g/mol. The molecule has 1 aromatic heterocycles. The molecule has 18 heavy (non-hydrogen) atoms. The fourth-order valence-electron chi connectivity index (χ4n) is 1.80. The van der Waals surface area contributed by atoms with E-state index < -0.39 is 5.60 Å². The highest BCUT2D eigenvalue weighted by Gasteiger charge is 2.27. The van der Waals surface area contributed by atoms with Gasteiger partial charge in [-0.2, -0.15) is 4.98 Å². The number of ether oxygens (including phenoxy) is 1. The predicted octanol–water partition coefficient (Wildman–Crippen LogP) is -0.675. The van der Waals surface area contributed by atoms with Gasteiger partial charge >= 0.3 is 0 Å². The second-order valence-electron chi connectivity index (χ2n) is 5.05. The molecule has 0 aliphatic carbocycles. The van der Waals surface area contributed by atoms with Crippen LogP contribution < -0.4 is 5.73 Å². The fraction of sp³-hybridized carbons (Fsp3) is 0.818. The van der Waals surface area contributed by atoms with Crippen LogP contribution in [0.3, 0.4) is 0 Å². The molecule has 0 aromatic carbocycles. The highest BCUT2D eigenvalue weighted by molar-refractivity contribution is 4.96. The number of hydrogen-bond acceptors (Lipinski definition) is 7. The lowest BCUT2D eigenvalue weighted by molar-refractivity contribution is -0.0264. The second-order valence-corrected chi connectivity index (χ2v) is 5.05. The quantitative estimate of drug-likeness (QED) is 0.737. The molecule has 2 atom stereocenters. The number of rotatable bonds is 4. The standard InChI is InChI=1S/C11H20N4O3/c1-11(16,7-12)5-9-13-10(14-18-9)8-6-15(2)3-4-17-8/h8,16H,3-7,12H2,1-2H3. The van der Waals surface area contributed by atoms with Gasteiger partial charge < -0.3 is 25.0 Å². The lowest BCUT2D eigenvalue weighted by Gasteiger charge is -2.27. The lowest BCUT2D eigenvalue weighted by atomic mass is 10.0. The summed E-state index contributed by atoms with van der Waals surface area (Å²) in [5.41, 5.74) is 4.43. The van der Waals surface area contributed by atoms with Gasteiger partial charge in [0.1, 0.15) is 6.10 Å². The minimum absolute atomic E-state index is 0.146. The Kier molecular flexibility index (Phi) is 3.96. The molecule has 7 heteroatoms. The Hall–Kier alpha value is -1.02. The molecule has 1 aromatic rings. The van der Waals surface area contributed by atoms with Gasteiger partial charge in [-0.1, -0.05) is 5.16 Å². The van der Waals surface area contributed by atoms with Crippen molar-refractivity contribution in [2.45, 2.75) is 25.0 Å². The van der Waals surface area contributed by atoms with E-state index in [1.165, 1.54) is 0 Å². The summed E-state index contributed by atoms with van der Waals surface area (Å²) in [7, 11) is 2.02. The van der Waals surface area contributed by atoms with Crippen LogP contribution in [0.2, 0.25) is 0 Å². The molecule has 0 bridgehead atoms. The van der Waals surface area contributed by atoms with E-state index in [9.17, 15) is 5.11 Å². The maximum Gasteiger partial charge on any atom is 0.229 e. The molecular formula is C11H20N4O3. The summed E-state index contributed by atoms with van der Waals surface area (Å²) in [6, 6.07) is 0. The fourth-order valence-corrected chi connectivity index (χ4v) is 1.80. The number of aromatic nitrogens is 2. The van der Waals surface area contributed by atoms with Crippen molar-refractivity contribution < 1.29 is 14.4 Å². The smallest absolute Gasteiger partial charge is 0.229 e. The third-order valence-electron chi connectivity index (χ3n) is 3.01. The molecule has 1 aliphatic heterocycles. The molecule has 2 rings (SSSR count). The second kappa shape index (κ2) is 5.31. The number of nitrogens with zero attached hydrogens (tertiary/aromatic N) is 3. The van der Waals surface area contributed by atoms with Crippen molar-refractivity contribution in [1.29, 1.82) is 0 Å². The zero-order valence-corrected chi connectivity index (χ0v) is 10.8. The topological polar surface area (TPSA) is 97.6 Å². The van der Waals surface area contributed by atoms with Crippen LogP contribution in [0.25, 0.3) is 0 Å². The van der Waals surface area contributed by atoms with Gasteiger partial charge in [0.15, 0.2) is 0 Å². The molecule has 2 unspecified atom stereocenters. The Morgan fingerprint density at radius 2 is 2.39 bits per heavy atom. The normalized spacial score (nSPS) is 25.0. The zero-order valence-electron chi connectivity index (χ0n) is 10.8. The largest absolute Gasteiger partial charge is 0.388 e. The number of nitrogens with two attached hydrogens (primary N) is 1. The van der Waals surface area contributed by atoms with Gasteiger partial charge in [-0.3, -0.25) is 0 Å². The van der Waals surface area contributed by atoms with Crippen LogP contribution in [0.5, 0.6) is 0 Å². The van der Waals surface area contributed by atoms with Gasteiger partial charge in [-0.15, -0.1) is 0 Å². The highest BCUT2D eigenvalue weighted by atomic mass is 16.5. The first kappa shape index (κ1) is 13.4. The van der Waals surface area contributed by atoms with Gasteiger partial charge in [0.25, 0.3) is 0 Å². The van der Waals surface area contributed by atoms with E-state index in [1.54, 1.807) is 6.92 Å². The minimum atomic E-state index is -1.02. The first-order valence-electron chi connectivity index (χ1n) is 6.05. The van der Waals surface area contributed by atoms with E-state index >= 15 is 0 Å². The van der Waals surface area contributed by atoms with Gasteiger partial charge in [0.05, 0.1) is 18.6 Å². The summed E-state index contributed by atoms with van der Waals surface area (Å²) in [6.07, 6.45) is 0.0862. The molecule has 0 spiro atoms. The van der Waals surface area contributed by atoms with Crippen LogP contribution in [-0.4, -0.2) is 59.0 Å². The molecule has 3 N–H and O–H groups in total. The van der Waals surface area contributed by atoms with Crippen LogP contribution in [0, 0.1) is 0 Å². The van der Waals surface area contributed by atoms with E-state index in [4.69, 9.17) is 15.0 Å². The van der Waals surface area contributed by atoms with Gasteiger partial charge in [0, 0.05) is 19.6 Å². The lowest BCUT2D eigenvalue weighted by Crippen LogP contribution is -2.37. The molecule has 2 heterocycles. The van der Waals surface area contributed by atoms with Crippen molar-refractivity contribution in [2.75, 3.05) is 33.3 Å². The molecule has 1 aliphatic rings. The van der Waals surface area contributed by atoms with E-state index in [-0.39, 0.29) is 19.1 Å². The Balaban J connectivity index is 2.01. The van der Waals surface area contributed by atoms with E-state index in [0.717, 1.165) is 13.1 Å². The maximum absolute atomic E-state index is 9.85. The van der Waals surface area contributed by atoms with Crippen molar-refractivity contribution in [2.24, 2.45) is 5.73 Å². The van der Waals surface area contributed by atoms with Crippen molar-refractivity contribution in [1.82, 2.24) is 15.0 Å². The minimum Gasteiger partial charge on any atom is -0.388 e. The van der Waals surface area contributed by atoms with Gasteiger partial charge in [0.2, 0.25) is 11.7 Å². The van der Waals surface area contributed by atoms with Crippen LogP contribution in [-0.2, 0) is 11.2 Å². The third-order valence-corrected chi connectivity index (χ3v) is 3.01. The average molecular weight is 256 g/mol. The number of morpholine rings is 1. The number of aliphatic hydroxyl groups is 1. The van der Waals surface area contributed by atoms with Crippen molar-refractivity contribution in [3.05, 3.63) is 11.7 Å². The summed E-state index contributed by atoms with van der Waals surface area (Å²) in [5, 5.41) is 13.7. The van der Waals surface area contributed by atoms with E-state index in [2.05, 4.69) is 15.0 Å². The third kappa shape index (κ3) is 3.26. The van der Waals surface area contributed by atoms with Crippen molar-refractivity contribution >= 4 is 0 Å². The van der Waals surface area contributed by atoms with Crippen LogP contribution >= 0.6 is 0 Å². The Labute approximate surface area is 106 Å². The van der Waals surface area contributed by atoms with Crippen molar-refractivity contribution in [3.63, 3.8) is 0 Å². The molecule has 102 valence electrons. The molecule has 0 amide bonds. The number of likely N-dealkylation sites (N-methyl/N-ethyl adjacent to an activating group) is 1. The molecule has 7 nitrogen and oxygen atoms in total. The monoisotopic (exact) mass is 256 g/mol.